The van der Waals surface area contributed by atoms with Crippen molar-refractivity contribution in [2.75, 3.05) is 26.2 Å². The first kappa shape index (κ1) is 16.2. The van der Waals surface area contributed by atoms with E-state index in [4.69, 9.17) is 0 Å². The summed E-state index contributed by atoms with van der Waals surface area (Å²) in [5.41, 5.74) is -0.495. The molecule has 2 N–H and O–H groups in total. The monoisotopic (exact) mass is 313 g/mol. The third kappa shape index (κ3) is 4.66. The fourth-order valence-electron chi connectivity index (χ4n) is 2.59. The number of aromatic amines is 1. The van der Waals surface area contributed by atoms with Gasteiger partial charge in [-0.05, 0) is 31.8 Å². The van der Waals surface area contributed by atoms with E-state index in [0.717, 1.165) is 19.6 Å². The van der Waals surface area contributed by atoms with Crippen molar-refractivity contribution in [1.82, 2.24) is 14.6 Å². The van der Waals surface area contributed by atoms with E-state index in [1.165, 1.54) is 37.7 Å². The standard InChI is InChI=1S/C14H23N3O3S/c1-12(11-17-7-3-2-4-8-17)9-16-21(19,20)14-10-15-6-5-13(14)18/h5-6,10,12,16H,2-4,7-9,11H2,1H3,(H,15,18). The van der Waals surface area contributed by atoms with Gasteiger partial charge in [-0.15, -0.1) is 0 Å². The highest BCUT2D eigenvalue weighted by atomic mass is 32.2. The normalized spacial score (nSPS) is 18.5. The van der Waals surface area contributed by atoms with Gasteiger partial charge in [0.25, 0.3) is 0 Å². The van der Waals surface area contributed by atoms with E-state index in [-0.39, 0.29) is 10.8 Å². The lowest BCUT2D eigenvalue weighted by molar-refractivity contribution is 0.201. The van der Waals surface area contributed by atoms with Crippen molar-refractivity contribution in [2.45, 2.75) is 31.1 Å². The van der Waals surface area contributed by atoms with Gasteiger partial charge in [0, 0.05) is 31.5 Å². The lowest BCUT2D eigenvalue weighted by atomic mass is 10.1. The number of sulfonamides is 1. The van der Waals surface area contributed by atoms with Gasteiger partial charge >= 0.3 is 0 Å². The predicted octanol–water partition coefficient (Wildman–Crippen LogP) is 0.775. The molecular weight excluding hydrogens is 290 g/mol. The van der Waals surface area contributed by atoms with Crippen LogP contribution in [0.3, 0.4) is 0 Å². The summed E-state index contributed by atoms with van der Waals surface area (Å²) in [5.74, 6) is 0.209. The van der Waals surface area contributed by atoms with E-state index >= 15 is 0 Å². The minimum absolute atomic E-state index is 0.209. The first-order valence-electron chi connectivity index (χ1n) is 7.38. The van der Waals surface area contributed by atoms with Crippen LogP contribution in [0.2, 0.25) is 0 Å². The van der Waals surface area contributed by atoms with E-state index in [0.29, 0.717) is 6.54 Å². The molecule has 2 rings (SSSR count). The number of pyridine rings is 1. The molecule has 6 nitrogen and oxygen atoms in total. The molecule has 2 heterocycles. The van der Waals surface area contributed by atoms with E-state index < -0.39 is 15.5 Å². The van der Waals surface area contributed by atoms with Gasteiger partial charge in [0.05, 0.1) is 0 Å². The summed E-state index contributed by atoms with van der Waals surface area (Å²) < 4.78 is 26.7. The second-order valence-electron chi connectivity index (χ2n) is 5.69. The average molecular weight is 313 g/mol. The number of hydrogen-bond acceptors (Lipinski definition) is 4. The van der Waals surface area contributed by atoms with Crippen molar-refractivity contribution < 1.29 is 8.42 Å². The topological polar surface area (TPSA) is 82.3 Å². The zero-order valence-corrected chi connectivity index (χ0v) is 13.2. The molecule has 0 spiro atoms. The van der Waals surface area contributed by atoms with Gasteiger partial charge in [0.15, 0.2) is 0 Å². The van der Waals surface area contributed by atoms with Crippen molar-refractivity contribution in [3.8, 4) is 0 Å². The zero-order valence-electron chi connectivity index (χ0n) is 12.3. The molecule has 7 heteroatoms. The smallest absolute Gasteiger partial charge is 0.245 e. The van der Waals surface area contributed by atoms with Crippen molar-refractivity contribution in [1.29, 1.82) is 0 Å². The van der Waals surface area contributed by atoms with Gasteiger partial charge < -0.3 is 9.88 Å². The summed E-state index contributed by atoms with van der Waals surface area (Å²) >= 11 is 0. The minimum atomic E-state index is -3.74. The highest BCUT2D eigenvalue weighted by molar-refractivity contribution is 7.89. The summed E-state index contributed by atoms with van der Waals surface area (Å²) in [6, 6.07) is 1.21. The van der Waals surface area contributed by atoms with Crippen molar-refractivity contribution in [3.05, 3.63) is 28.7 Å². The van der Waals surface area contributed by atoms with Crippen LogP contribution in [0.4, 0.5) is 0 Å². The Morgan fingerprint density at radius 2 is 2.05 bits per heavy atom. The number of nitrogens with one attached hydrogen (secondary N) is 2. The van der Waals surface area contributed by atoms with Crippen LogP contribution in [-0.4, -0.2) is 44.5 Å². The van der Waals surface area contributed by atoms with Crippen LogP contribution in [0.25, 0.3) is 0 Å². The Labute approximate surface area is 125 Å². The molecular formula is C14H23N3O3S. The van der Waals surface area contributed by atoms with Gasteiger partial charge in [0.1, 0.15) is 4.90 Å². The van der Waals surface area contributed by atoms with Gasteiger partial charge in [-0.25, -0.2) is 13.1 Å². The Morgan fingerprint density at radius 3 is 2.71 bits per heavy atom. The molecule has 118 valence electrons. The Kier molecular flexibility index (Phi) is 5.55. The third-order valence-corrected chi connectivity index (χ3v) is 5.16. The maximum absolute atomic E-state index is 12.1. The largest absolute Gasteiger partial charge is 0.366 e. The summed E-state index contributed by atoms with van der Waals surface area (Å²) in [5, 5.41) is 0. The molecule has 1 unspecified atom stereocenters. The Morgan fingerprint density at radius 1 is 1.33 bits per heavy atom. The fourth-order valence-corrected chi connectivity index (χ4v) is 3.80. The molecule has 1 aromatic heterocycles. The number of aromatic nitrogens is 1. The first-order chi connectivity index (χ1) is 9.99. The third-order valence-electron chi connectivity index (χ3n) is 3.72. The fraction of sp³-hybridized carbons (Fsp3) is 0.643. The van der Waals surface area contributed by atoms with Gasteiger partial charge in [-0.3, -0.25) is 4.79 Å². The molecule has 0 bridgehead atoms. The van der Waals surface area contributed by atoms with Gasteiger partial charge in [-0.2, -0.15) is 0 Å². The maximum atomic E-state index is 12.1. The average Bonchev–Trinajstić information content (AvgIpc) is 2.47. The Hall–Kier alpha value is -1.18. The molecule has 1 atom stereocenters. The van der Waals surface area contributed by atoms with E-state index in [2.05, 4.69) is 14.6 Å². The molecule has 0 saturated carbocycles. The predicted molar refractivity (Wildman–Crippen MR) is 81.7 cm³/mol. The molecule has 0 amide bonds. The maximum Gasteiger partial charge on any atom is 0.245 e. The summed E-state index contributed by atoms with van der Waals surface area (Å²) in [6.45, 7) is 5.43. The minimum Gasteiger partial charge on any atom is -0.366 e. The molecule has 1 fully saturated rings. The number of piperidine rings is 1. The molecule has 21 heavy (non-hydrogen) atoms. The number of H-pyrrole nitrogens is 1. The summed E-state index contributed by atoms with van der Waals surface area (Å²) in [4.78, 5) is 16.4. The summed E-state index contributed by atoms with van der Waals surface area (Å²) in [7, 11) is -3.74. The highest BCUT2D eigenvalue weighted by Gasteiger charge is 2.19. The van der Waals surface area contributed by atoms with Crippen LogP contribution in [0.5, 0.6) is 0 Å². The van der Waals surface area contributed by atoms with Crippen molar-refractivity contribution in [3.63, 3.8) is 0 Å². The number of nitrogens with zero attached hydrogens (tertiary/aromatic N) is 1. The summed E-state index contributed by atoms with van der Waals surface area (Å²) in [6.07, 6.45) is 6.37. The molecule has 0 radical (unpaired) electrons. The SMILES string of the molecule is CC(CNS(=O)(=O)c1c[nH]ccc1=O)CN1CCCCC1. The molecule has 1 aliphatic heterocycles. The molecule has 1 saturated heterocycles. The highest BCUT2D eigenvalue weighted by Crippen LogP contribution is 2.11. The number of hydrogen-bond donors (Lipinski definition) is 2. The number of likely N-dealkylation sites (tertiary alicyclic amines) is 1. The van der Waals surface area contributed by atoms with Crippen LogP contribution >= 0.6 is 0 Å². The van der Waals surface area contributed by atoms with E-state index in [1.54, 1.807) is 0 Å². The van der Waals surface area contributed by atoms with Crippen LogP contribution in [0.1, 0.15) is 26.2 Å². The lowest BCUT2D eigenvalue weighted by Gasteiger charge is -2.29. The van der Waals surface area contributed by atoms with Gasteiger partial charge in [0.2, 0.25) is 15.5 Å². The second kappa shape index (κ2) is 7.20. The van der Waals surface area contributed by atoms with Crippen molar-refractivity contribution >= 4 is 10.0 Å². The van der Waals surface area contributed by atoms with Crippen LogP contribution in [-0.2, 0) is 10.0 Å². The van der Waals surface area contributed by atoms with Crippen LogP contribution in [0.15, 0.2) is 28.2 Å². The van der Waals surface area contributed by atoms with E-state index in [9.17, 15) is 13.2 Å². The molecule has 0 aromatic carbocycles. The van der Waals surface area contributed by atoms with Crippen LogP contribution in [0, 0.1) is 5.92 Å². The van der Waals surface area contributed by atoms with Crippen molar-refractivity contribution in [2.24, 2.45) is 5.92 Å². The van der Waals surface area contributed by atoms with E-state index in [1.807, 2.05) is 6.92 Å². The Balaban J connectivity index is 1.89. The zero-order chi connectivity index (χ0) is 15.3. The first-order valence-corrected chi connectivity index (χ1v) is 8.86. The number of rotatable bonds is 6. The molecule has 0 aliphatic carbocycles. The second-order valence-corrected chi connectivity index (χ2v) is 7.43. The van der Waals surface area contributed by atoms with Crippen LogP contribution < -0.4 is 10.2 Å². The molecule has 1 aliphatic rings. The Bertz CT molecular complexity index is 606. The quantitative estimate of drug-likeness (QED) is 0.813. The lowest BCUT2D eigenvalue weighted by Crippen LogP contribution is -2.38. The van der Waals surface area contributed by atoms with Gasteiger partial charge in [-0.1, -0.05) is 13.3 Å². The molecule has 1 aromatic rings.